The normalized spacial score (nSPS) is 18.9. The average Bonchev–Trinajstić information content (AvgIpc) is 3.28. The first-order chi connectivity index (χ1) is 16.4. The number of carboxylic acids is 1. The highest BCUT2D eigenvalue weighted by Gasteiger charge is 2.40. The highest BCUT2D eigenvalue weighted by Crippen LogP contribution is 2.22. The van der Waals surface area contributed by atoms with Gasteiger partial charge in [0.15, 0.2) is 5.96 Å². The number of aliphatic carboxylic acids is 1. The van der Waals surface area contributed by atoms with E-state index in [1.165, 1.54) is 4.90 Å². The van der Waals surface area contributed by atoms with Crippen molar-refractivity contribution in [1.82, 2.24) is 15.5 Å². The highest BCUT2D eigenvalue weighted by molar-refractivity contribution is 5.94. The first-order valence-corrected chi connectivity index (χ1v) is 12.3. The third-order valence-electron chi connectivity index (χ3n) is 6.24. The molecule has 1 aliphatic rings. The zero-order chi connectivity index (χ0) is 26.7. The van der Waals surface area contributed by atoms with Crippen LogP contribution in [-0.2, 0) is 19.2 Å². The number of nitrogens with two attached hydrogens (primary N) is 3. The standard InChI is InChI=1S/C23H43N7O5/c1-5-14(4)18(29-19(31)15(24)8-6-10-27-23(25)26)21(33)30-11-7-9-17(30)20(32)28-16(22(34)35)12-13(2)3/h13-18H,5-12,24H2,1-4H3,(H,28,32)(H,29,31)(H,34,35)(H4,25,26,27). The third-order valence-corrected chi connectivity index (χ3v) is 6.24. The Morgan fingerprint density at radius 1 is 1.14 bits per heavy atom. The van der Waals surface area contributed by atoms with Gasteiger partial charge >= 0.3 is 5.97 Å². The molecule has 1 aliphatic heterocycles. The molecule has 200 valence electrons. The van der Waals surface area contributed by atoms with Crippen molar-refractivity contribution in [3.63, 3.8) is 0 Å². The maximum Gasteiger partial charge on any atom is 0.326 e. The largest absolute Gasteiger partial charge is 0.480 e. The molecule has 9 N–H and O–H groups in total. The number of carbonyl (C=O) groups excluding carboxylic acids is 3. The second-order valence-electron chi connectivity index (χ2n) is 9.65. The van der Waals surface area contributed by atoms with Gasteiger partial charge in [-0.2, -0.15) is 0 Å². The van der Waals surface area contributed by atoms with E-state index in [2.05, 4.69) is 15.6 Å². The van der Waals surface area contributed by atoms with E-state index < -0.39 is 42.0 Å². The molecule has 0 bridgehead atoms. The van der Waals surface area contributed by atoms with Crippen molar-refractivity contribution in [1.29, 1.82) is 0 Å². The van der Waals surface area contributed by atoms with Gasteiger partial charge in [0.2, 0.25) is 17.7 Å². The second-order valence-corrected chi connectivity index (χ2v) is 9.65. The Morgan fingerprint density at radius 3 is 2.34 bits per heavy atom. The molecule has 1 heterocycles. The number of guanidine groups is 1. The molecule has 1 saturated heterocycles. The average molecular weight is 498 g/mol. The highest BCUT2D eigenvalue weighted by atomic mass is 16.4. The van der Waals surface area contributed by atoms with Crippen LogP contribution in [0.25, 0.3) is 0 Å². The molecule has 12 nitrogen and oxygen atoms in total. The summed E-state index contributed by atoms with van der Waals surface area (Å²) in [7, 11) is 0. The number of carbonyl (C=O) groups is 4. The molecule has 0 aromatic rings. The van der Waals surface area contributed by atoms with Crippen LogP contribution in [-0.4, -0.2) is 76.9 Å². The van der Waals surface area contributed by atoms with E-state index >= 15 is 0 Å². The van der Waals surface area contributed by atoms with Gasteiger partial charge in [0.05, 0.1) is 6.04 Å². The van der Waals surface area contributed by atoms with Crippen molar-refractivity contribution in [2.75, 3.05) is 13.1 Å². The fourth-order valence-electron chi connectivity index (χ4n) is 4.04. The van der Waals surface area contributed by atoms with Crippen LogP contribution in [0.3, 0.4) is 0 Å². The lowest BCUT2D eigenvalue weighted by Gasteiger charge is -2.32. The summed E-state index contributed by atoms with van der Waals surface area (Å²) in [6.07, 6.45) is 2.79. The molecule has 3 amide bonds. The van der Waals surface area contributed by atoms with Crippen molar-refractivity contribution >= 4 is 29.7 Å². The lowest BCUT2D eigenvalue weighted by Crippen LogP contribution is -2.58. The van der Waals surface area contributed by atoms with Crippen LogP contribution in [0, 0.1) is 11.8 Å². The minimum atomic E-state index is -1.11. The number of amides is 3. The minimum Gasteiger partial charge on any atom is -0.480 e. The van der Waals surface area contributed by atoms with Gasteiger partial charge in [-0.25, -0.2) is 4.79 Å². The number of aliphatic imine (C=N–C) groups is 1. The van der Waals surface area contributed by atoms with Gasteiger partial charge in [0, 0.05) is 13.1 Å². The Kier molecular flexibility index (Phi) is 12.5. The molecule has 1 rings (SSSR count). The van der Waals surface area contributed by atoms with Gasteiger partial charge in [0.1, 0.15) is 18.1 Å². The molecule has 0 aliphatic carbocycles. The molecule has 5 unspecified atom stereocenters. The van der Waals surface area contributed by atoms with E-state index in [0.29, 0.717) is 45.2 Å². The van der Waals surface area contributed by atoms with E-state index in [4.69, 9.17) is 17.2 Å². The number of carboxylic acid groups (broad SMARTS) is 1. The van der Waals surface area contributed by atoms with Crippen molar-refractivity contribution in [3.05, 3.63) is 0 Å². The van der Waals surface area contributed by atoms with E-state index in [-0.39, 0.29) is 30.1 Å². The predicted octanol–water partition coefficient (Wildman–Crippen LogP) is -0.495. The molecule has 35 heavy (non-hydrogen) atoms. The lowest BCUT2D eigenvalue weighted by molar-refractivity contribution is -0.145. The molecular weight excluding hydrogens is 454 g/mol. The fourth-order valence-corrected chi connectivity index (χ4v) is 4.04. The fraction of sp³-hybridized carbons (Fsp3) is 0.783. The molecule has 0 aromatic heterocycles. The predicted molar refractivity (Wildman–Crippen MR) is 133 cm³/mol. The second kappa shape index (κ2) is 14.5. The van der Waals surface area contributed by atoms with E-state index in [0.717, 1.165) is 0 Å². The molecule has 1 fully saturated rings. The van der Waals surface area contributed by atoms with Gasteiger partial charge < -0.3 is 37.8 Å². The lowest BCUT2D eigenvalue weighted by atomic mass is 9.96. The third kappa shape index (κ3) is 9.71. The Bertz CT molecular complexity index is 769. The maximum absolute atomic E-state index is 13.5. The molecule has 0 saturated carbocycles. The Morgan fingerprint density at radius 2 is 1.80 bits per heavy atom. The van der Waals surface area contributed by atoms with Gasteiger partial charge in [-0.15, -0.1) is 0 Å². The number of likely N-dealkylation sites (tertiary alicyclic amines) is 1. The van der Waals surface area contributed by atoms with E-state index in [1.54, 1.807) is 0 Å². The monoisotopic (exact) mass is 497 g/mol. The molecule has 12 heteroatoms. The van der Waals surface area contributed by atoms with E-state index in [9.17, 15) is 24.3 Å². The number of rotatable bonds is 14. The van der Waals surface area contributed by atoms with Crippen molar-refractivity contribution < 1.29 is 24.3 Å². The quantitative estimate of drug-likeness (QED) is 0.104. The van der Waals surface area contributed by atoms with Crippen LogP contribution in [0.15, 0.2) is 4.99 Å². The summed E-state index contributed by atoms with van der Waals surface area (Å²) in [6.45, 7) is 8.20. The van der Waals surface area contributed by atoms with Gasteiger partial charge in [-0.05, 0) is 43.9 Å². The zero-order valence-electron chi connectivity index (χ0n) is 21.3. The van der Waals surface area contributed by atoms with Crippen LogP contribution in [0.5, 0.6) is 0 Å². The molecule has 5 atom stereocenters. The summed E-state index contributed by atoms with van der Waals surface area (Å²) in [4.78, 5) is 56.0. The summed E-state index contributed by atoms with van der Waals surface area (Å²) in [5, 5.41) is 14.8. The van der Waals surface area contributed by atoms with Gasteiger partial charge in [-0.3, -0.25) is 19.4 Å². The van der Waals surface area contributed by atoms with Gasteiger partial charge in [-0.1, -0.05) is 34.1 Å². The summed E-state index contributed by atoms with van der Waals surface area (Å²) in [6, 6.07) is -3.50. The van der Waals surface area contributed by atoms with Crippen LogP contribution >= 0.6 is 0 Å². The number of hydrogen-bond acceptors (Lipinski definition) is 6. The first kappa shape index (κ1) is 30.1. The van der Waals surface area contributed by atoms with Crippen LogP contribution in [0.2, 0.25) is 0 Å². The van der Waals surface area contributed by atoms with Crippen LogP contribution in [0.4, 0.5) is 0 Å². The van der Waals surface area contributed by atoms with Gasteiger partial charge in [0.25, 0.3) is 0 Å². The molecule has 0 aromatic carbocycles. The smallest absolute Gasteiger partial charge is 0.326 e. The summed E-state index contributed by atoms with van der Waals surface area (Å²) < 4.78 is 0. The molecular formula is C23H43N7O5. The topological polar surface area (TPSA) is 206 Å². The Hall–Kier alpha value is -2.89. The number of hydrogen-bond donors (Lipinski definition) is 6. The maximum atomic E-state index is 13.5. The zero-order valence-corrected chi connectivity index (χ0v) is 21.3. The van der Waals surface area contributed by atoms with Crippen molar-refractivity contribution in [2.24, 2.45) is 34.0 Å². The number of nitrogens with one attached hydrogen (secondary N) is 2. The molecule has 0 spiro atoms. The van der Waals surface area contributed by atoms with Crippen LogP contribution < -0.4 is 27.8 Å². The van der Waals surface area contributed by atoms with Crippen LogP contribution in [0.1, 0.15) is 66.2 Å². The first-order valence-electron chi connectivity index (χ1n) is 12.3. The van der Waals surface area contributed by atoms with E-state index in [1.807, 2.05) is 27.7 Å². The Balaban J connectivity index is 2.89. The van der Waals surface area contributed by atoms with Crippen molar-refractivity contribution in [3.8, 4) is 0 Å². The molecule has 0 radical (unpaired) electrons. The summed E-state index contributed by atoms with van der Waals surface area (Å²) >= 11 is 0. The Labute approximate surface area is 207 Å². The minimum absolute atomic E-state index is 0.0338. The van der Waals surface area contributed by atoms with Crippen molar-refractivity contribution in [2.45, 2.75) is 90.4 Å². The summed E-state index contributed by atoms with van der Waals surface area (Å²) in [5.74, 6) is -2.58. The SMILES string of the molecule is CCC(C)C(NC(=O)C(N)CCCN=C(N)N)C(=O)N1CCCC1C(=O)NC(CC(C)C)C(=O)O. The summed E-state index contributed by atoms with van der Waals surface area (Å²) in [5.41, 5.74) is 16.6. The number of nitrogens with zero attached hydrogens (tertiary/aromatic N) is 2.